The van der Waals surface area contributed by atoms with E-state index in [0.717, 1.165) is 25.7 Å². The van der Waals surface area contributed by atoms with Crippen molar-refractivity contribution >= 4 is 11.8 Å². The minimum Gasteiger partial charge on any atom is -0.493 e. The zero-order chi connectivity index (χ0) is 19.2. The molecular weight excluding hydrogens is 348 g/mol. The van der Waals surface area contributed by atoms with E-state index in [1.807, 2.05) is 13.8 Å². The second kappa shape index (κ2) is 9.04. The van der Waals surface area contributed by atoms with E-state index < -0.39 is 0 Å². The molecule has 0 aromatic heterocycles. The van der Waals surface area contributed by atoms with Gasteiger partial charge in [-0.2, -0.15) is 0 Å². The smallest absolute Gasteiger partial charge is 0.338 e. The molecule has 0 bridgehead atoms. The third-order valence-corrected chi connectivity index (χ3v) is 4.83. The fourth-order valence-electron chi connectivity index (χ4n) is 3.46. The summed E-state index contributed by atoms with van der Waals surface area (Å²) < 4.78 is 22.2. The summed E-state index contributed by atoms with van der Waals surface area (Å²) in [5, 5.41) is 0. The molecular formula is C21H26O6. The maximum Gasteiger partial charge on any atom is 0.338 e. The second-order valence-electron chi connectivity index (χ2n) is 6.78. The van der Waals surface area contributed by atoms with Gasteiger partial charge in [0, 0.05) is 13.0 Å². The summed E-state index contributed by atoms with van der Waals surface area (Å²) in [4.78, 5) is 24.6. The SMILES string of the molecule is CCCOC(=O)c1ccc(OC2=COC3CC(OCC)CCC3C2=O)cc1. The quantitative estimate of drug-likeness (QED) is 0.679. The minimum absolute atomic E-state index is 0.0346. The highest BCUT2D eigenvalue weighted by Gasteiger charge is 2.41. The molecule has 3 atom stereocenters. The van der Waals surface area contributed by atoms with E-state index in [4.69, 9.17) is 18.9 Å². The molecule has 1 aliphatic heterocycles. The molecule has 0 saturated heterocycles. The summed E-state index contributed by atoms with van der Waals surface area (Å²) in [6, 6.07) is 6.54. The lowest BCUT2D eigenvalue weighted by Gasteiger charge is -2.36. The molecule has 6 nitrogen and oxygen atoms in total. The van der Waals surface area contributed by atoms with Gasteiger partial charge in [-0.05, 0) is 50.5 Å². The summed E-state index contributed by atoms with van der Waals surface area (Å²) in [7, 11) is 0. The number of fused-ring (bicyclic) bond motifs is 1. The van der Waals surface area contributed by atoms with Crippen LogP contribution in [0.25, 0.3) is 0 Å². The largest absolute Gasteiger partial charge is 0.493 e. The molecule has 6 heteroatoms. The molecule has 1 aliphatic carbocycles. The highest BCUT2D eigenvalue weighted by molar-refractivity contribution is 5.96. The maximum absolute atomic E-state index is 12.7. The number of ether oxygens (including phenoxy) is 4. The number of esters is 1. The van der Waals surface area contributed by atoms with Crippen LogP contribution < -0.4 is 4.74 Å². The van der Waals surface area contributed by atoms with Crippen molar-refractivity contribution in [1.82, 2.24) is 0 Å². The van der Waals surface area contributed by atoms with Crippen molar-refractivity contribution in [2.45, 2.75) is 51.7 Å². The van der Waals surface area contributed by atoms with Crippen molar-refractivity contribution in [3.05, 3.63) is 41.9 Å². The van der Waals surface area contributed by atoms with Crippen LogP contribution in [-0.2, 0) is 19.0 Å². The Morgan fingerprint density at radius 1 is 1.19 bits per heavy atom. The molecule has 3 unspecified atom stereocenters. The van der Waals surface area contributed by atoms with Crippen LogP contribution in [0, 0.1) is 5.92 Å². The zero-order valence-corrected chi connectivity index (χ0v) is 15.8. The van der Waals surface area contributed by atoms with Crippen molar-refractivity contribution in [3.63, 3.8) is 0 Å². The van der Waals surface area contributed by atoms with Crippen LogP contribution in [-0.4, -0.2) is 37.2 Å². The van der Waals surface area contributed by atoms with Gasteiger partial charge in [0.1, 0.15) is 18.1 Å². The van der Waals surface area contributed by atoms with Crippen LogP contribution in [0.5, 0.6) is 5.75 Å². The summed E-state index contributed by atoms with van der Waals surface area (Å²) in [6.07, 6.45) is 4.49. The first-order valence-corrected chi connectivity index (χ1v) is 9.58. The Kier molecular flexibility index (Phi) is 6.50. The van der Waals surface area contributed by atoms with E-state index in [-0.39, 0.29) is 35.6 Å². The normalized spacial score (nSPS) is 24.4. The average Bonchev–Trinajstić information content (AvgIpc) is 2.69. The number of ketones is 1. The summed E-state index contributed by atoms with van der Waals surface area (Å²) in [5.74, 6) is 0.0883. The van der Waals surface area contributed by atoms with Gasteiger partial charge in [-0.15, -0.1) is 0 Å². The van der Waals surface area contributed by atoms with Crippen LogP contribution in [0.2, 0.25) is 0 Å². The molecule has 1 aromatic carbocycles. The molecule has 0 amide bonds. The molecule has 146 valence electrons. The fourth-order valence-corrected chi connectivity index (χ4v) is 3.46. The molecule has 1 heterocycles. The van der Waals surface area contributed by atoms with E-state index >= 15 is 0 Å². The summed E-state index contributed by atoms with van der Waals surface area (Å²) in [5.41, 5.74) is 0.449. The van der Waals surface area contributed by atoms with Gasteiger partial charge in [-0.3, -0.25) is 4.79 Å². The van der Waals surface area contributed by atoms with Gasteiger partial charge in [-0.25, -0.2) is 4.79 Å². The summed E-state index contributed by atoms with van der Waals surface area (Å²) in [6.45, 7) is 4.97. The third-order valence-electron chi connectivity index (χ3n) is 4.83. The first kappa shape index (κ1) is 19.4. The topological polar surface area (TPSA) is 71.1 Å². The molecule has 0 N–H and O–H groups in total. The van der Waals surface area contributed by atoms with Gasteiger partial charge < -0.3 is 18.9 Å². The monoisotopic (exact) mass is 374 g/mol. The number of benzene rings is 1. The van der Waals surface area contributed by atoms with Crippen LogP contribution in [0.4, 0.5) is 0 Å². The Hall–Kier alpha value is -2.34. The minimum atomic E-state index is -0.367. The van der Waals surface area contributed by atoms with Crippen molar-refractivity contribution < 1.29 is 28.5 Å². The highest BCUT2D eigenvalue weighted by atomic mass is 16.5. The number of rotatable bonds is 7. The average molecular weight is 374 g/mol. The Balaban J connectivity index is 1.61. The van der Waals surface area contributed by atoms with Crippen molar-refractivity contribution in [1.29, 1.82) is 0 Å². The van der Waals surface area contributed by atoms with Crippen molar-refractivity contribution in [3.8, 4) is 5.75 Å². The van der Waals surface area contributed by atoms with Crippen molar-refractivity contribution in [2.24, 2.45) is 5.92 Å². The number of carbonyl (C=O) groups excluding carboxylic acids is 2. The van der Waals surface area contributed by atoms with Crippen LogP contribution in [0.3, 0.4) is 0 Å². The number of hydrogen-bond donors (Lipinski definition) is 0. The molecule has 0 radical (unpaired) electrons. The van der Waals surface area contributed by atoms with E-state index in [2.05, 4.69) is 0 Å². The molecule has 27 heavy (non-hydrogen) atoms. The lowest BCUT2D eigenvalue weighted by atomic mass is 9.80. The Labute approximate surface area is 159 Å². The van der Waals surface area contributed by atoms with Crippen molar-refractivity contribution in [2.75, 3.05) is 13.2 Å². The van der Waals surface area contributed by atoms with Gasteiger partial charge in [0.05, 0.1) is 24.2 Å². The molecule has 1 saturated carbocycles. The van der Waals surface area contributed by atoms with Gasteiger partial charge in [0.15, 0.2) is 0 Å². The molecule has 1 fully saturated rings. The number of Topliss-reactive ketones (excluding diaryl/α,β-unsaturated/α-hetero) is 1. The molecule has 3 rings (SSSR count). The Bertz CT molecular complexity index is 693. The second-order valence-corrected chi connectivity index (χ2v) is 6.78. The lowest BCUT2D eigenvalue weighted by Crippen LogP contribution is -2.42. The standard InChI is InChI=1S/C21H26O6/c1-3-11-25-21(23)14-5-7-15(8-6-14)27-19-13-26-18-12-16(24-4-2)9-10-17(18)20(19)22/h5-8,13,16-18H,3-4,9-12H2,1-2H3. The zero-order valence-electron chi connectivity index (χ0n) is 15.8. The van der Waals surface area contributed by atoms with Gasteiger partial charge in [0.25, 0.3) is 0 Å². The van der Waals surface area contributed by atoms with E-state index in [1.165, 1.54) is 6.26 Å². The first-order valence-electron chi connectivity index (χ1n) is 9.58. The fraction of sp³-hybridized carbons (Fsp3) is 0.524. The number of hydrogen-bond acceptors (Lipinski definition) is 6. The predicted octanol–water partition coefficient (Wildman–Crippen LogP) is 3.65. The lowest BCUT2D eigenvalue weighted by molar-refractivity contribution is -0.133. The van der Waals surface area contributed by atoms with E-state index in [1.54, 1.807) is 24.3 Å². The Morgan fingerprint density at radius 2 is 1.96 bits per heavy atom. The van der Waals surface area contributed by atoms with Crippen LogP contribution in [0.1, 0.15) is 49.9 Å². The maximum atomic E-state index is 12.7. The molecule has 1 aromatic rings. The molecule has 2 aliphatic rings. The number of allylic oxidation sites excluding steroid dienone is 1. The van der Waals surface area contributed by atoms with Gasteiger partial charge >= 0.3 is 5.97 Å². The summed E-state index contributed by atoms with van der Waals surface area (Å²) >= 11 is 0. The molecule has 0 spiro atoms. The van der Waals surface area contributed by atoms with Gasteiger partial charge in [-0.1, -0.05) is 6.92 Å². The third kappa shape index (κ3) is 4.69. The Morgan fingerprint density at radius 3 is 2.67 bits per heavy atom. The van der Waals surface area contributed by atoms with Crippen LogP contribution in [0.15, 0.2) is 36.3 Å². The van der Waals surface area contributed by atoms with E-state index in [9.17, 15) is 9.59 Å². The highest BCUT2D eigenvalue weighted by Crippen LogP contribution is 2.35. The number of carbonyl (C=O) groups is 2. The van der Waals surface area contributed by atoms with Crippen LogP contribution >= 0.6 is 0 Å². The van der Waals surface area contributed by atoms with E-state index in [0.29, 0.717) is 24.5 Å². The van der Waals surface area contributed by atoms with Gasteiger partial charge in [0.2, 0.25) is 11.5 Å². The predicted molar refractivity (Wildman–Crippen MR) is 98.4 cm³/mol. The first-order chi connectivity index (χ1) is 13.1.